The fourth-order valence-electron chi connectivity index (χ4n) is 3.24. The summed E-state index contributed by atoms with van der Waals surface area (Å²) in [6.07, 6.45) is 0. The van der Waals surface area contributed by atoms with E-state index in [0.29, 0.717) is 22.8 Å². The maximum atomic E-state index is 13.7. The van der Waals surface area contributed by atoms with Crippen molar-refractivity contribution in [2.45, 2.75) is 27.3 Å². The highest BCUT2D eigenvalue weighted by molar-refractivity contribution is 7.08. The van der Waals surface area contributed by atoms with Crippen molar-refractivity contribution in [2.24, 2.45) is 11.1 Å². The number of nitrogens with two attached hydrogens (primary N) is 1. The average Bonchev–Trinajstić information content (AvgIpc) is 3.18. The number of hydrogen-bond donors (Lipinski definition) is 2. The highest BCUT2D eigenvalue weighted by Gasteiger charge is 2.26. The molecule has 0 aliphatic heterocycles. The molecule has 1 heterocycles. The first kappa shape index (κ1) is 24.4. The normalized spacial score (nSPS) is 11.3. The fraction of sp³-hybridized carbons (Fsp3) is 0.304. The number of amides is 2. The zero-order valence-electron chi connectivity index (χ0n) is 18.6. The van der Waals surface area contributed by atoms with Gasteiger partial charge in [0.15, 0.2) is 0 Å². The second-order valence-electron chi connectivity index (χ2n) is 8.53. The van der Waals surface area contributed by atoms with Gasteiger partial charge in [0.05, 0.1) is 5.69 Å². The lowest BCUT2D eigenvalue weighted by molar-refractivity contribution is 0.0672. The molecule has 174 valence electrons. The third-order valence-electron chi connectivity index (χ3n) is 4.98. The molecule has 3 rings (SSSR count). The monoisotopic (exact) mass is 473 g/mol. The van der Waals surface area contributed by atoms with Gasteiger partial charge in [0.25, 0.3) is 11.8 Å². The maximum absolute atomic E-state index is 13.7. The van der Waals surface area contributed by atoms with Gasteiger partial charge in [0, 0.05) is 30.4 Å². The number of aromatic nitrogens is 2. The summed E-state index contributed by atoms with van der Waals surface area (Å²) in [6, 6.07) is 9.76. The van der Waals surface area contributed by atoms with Crippen LogP contribution in [-0.2, 0) is 6.54 Å². The van der Waals surface area contributed by atoms with Gasteiger partial charge >= 0.3 is 0 Å². The lowest BCUT2D eigenvalue weighted by atomic mass is 9.92. The van der Waals surface area contributed by atoms with Crippen molar-refractivity contribution >= 4 is 29.0 Å². The van der Waals surface area contributed by atoms with Crippen molar-refractivity contribution in [1.82, 2.24) is 14.5 Å². The molecule has 0 spiro atoms. The van der Waals surface area contributed by atoms with Gasteiger partial charge in [-0.1, -0.05) is 30.5 Å². The Labute approximate surface area is 194 Å². The van der Waals surface area contributed by atoms with Gasteiger partial charge in [-0.05, 0) is 60.2 Å². The Morgan fingerprint density at radius 3 is 2.45 bits per heavy atom. The summed E-state index contributed by atoms with van der Waals surface area (Å²) in [5.74, 6) is -2.49. The SMILES string of the molecule is Cc1nnsc1C(=O)Nc1cccc(CN(CC(C)(C)CN)C(=O)c2cc(F)cc(F)c2)c1. The van der Waals surface area contributed by atoms with Gasteiger partial charge < -0.3 is 16.0 Å². The number of carbonyl (C=O) groups is 2. The summed E-state index contributed by atoms with van der Waals surface area (Å²) in [4.78, 5) is 27.6. The Hall–Kier alpha value is -3.24. The molecule has 3 N–H and O–H groups in total. The summed E-state index contributed by atoms with van der Waals surface area (Å²) in [5, 5.41) is 6.64. The van der Waals surface area contributed by atoms with Crippen molar-refractivity contribution in [2.75, 3.05) is 18.4 Å². The molecule has 0 saturated heterocycles. The molecule has 0 aliphatic rings. The van der Waals surface area contributed by atoms with Crippen molar-refractivity contribution < 1.29 is 18.4 Å². The molecule has 2 aromatic carbocycles. The van der Waals surface area contributed by atoms with E-state index in [2.05, 4.69) is 14.9 Å². The summed E-state index contributed by atoms with van der Waals surface area (Å²) < 4.78 is 31.2. The fourth-order valence-corrected chi connectivity index (χ4v) is 3.79. The number of benzene rings is 2. The minimum absolute atomic E-state index is 0.0852. The molecule has 0 bridgehead atoms. The molecular formula is C23H25F2N5O2S. The number of nitrogens with one attached hydrogen (secondary N) is 1. The number of anilines is 1. The van der Waals surface area contributed by atoms with Crippen LogP contribution in [0, 0.1) is 24.0 Å². The highest BCUT2D eigenvalue weighted by atomic mass is 32.1. The largest absolute Gasteiger partial charge is 0.334 e. The molecule has 1 aromatic heterocycles. The molecule has 7 nitrogen and oxygen atoms in total. The molecule has 0 radical (unpaired) electrons. The molecule has 0 saturated carbocycles. The third-order valence-corrected chi connectivity index (χ3v) is 5.81. The molecule has 2 amide bonds. The van der Waals surface area contributed by atoms with Crippen LogP contribution in [0.15, 0.2) is 42.5 Å². The number of nitrogens with zero attached hydrogens (tertiary/aromatic N) is 3. The smallest absolute Gasteiger partial charge is 0.269 e. The van der Waals surface area contributed by atoms with Gasteiger partial charge in [-0.15, -0.1) is 5.10 Å². The molecule has 0 aliphatic carbocycles. The second-order valence-corrected chi connectivity index (χ2v) is 9.28. The third kappa shape index (κ3) is 6.39. The number of carbonyl (C=O) groups excluding carboxylic acids is 2. The van der Waals surface area contributed by atoms with Gasteiger partial charge in [-0.25, -0.2) is 8.78 Å². The van der Waals surface area contributed by atoms with Crippen molar-refractivity contribution in [3.63, 3.8) is 0 Å². The van der Waals surface area contributed by atoms with E-state index in [1.165, 1.54) is 4.90 Å². The first-order chi connectivity index (χ1) is 15.6. The lowest BCUT2D eigenvalue weighted by Gasteiger charge is -2.32. The Morgan fingerprint density at radius 1 is 1.15 bits per heavy atom. The first-order valence-electron chi connectivity index (χ1n) is 10.2. The Balaban J connectivity index is 1.85. The van der Waals surface area contributed by atoms with Crippen LogP contribution in [-0.4, -0.2) is 39.4 Å². The van der Waals surface area contributed by atoms with Crippen molar-refractivity contribution in [3.05, 3.63) is 75.8 Å². The van der Waals surface area contributed by atoms with Gasteiger partial charge in [0.2, 0.25) is 0 Å². The number of hydrogen-bond acceptors (Lipinski definition) is 6. The summed E-state index contributed by atoms with van der Waals surface area (Å²) in [6.45, 7) is 6.25. The maximum Gasteiger partial charge on any atom is 0.269 e. The van der Waals surface area contributed by atoms with Crippen molar-refractivity contribution in [1.29, 1.82) is 0 Å². The van der Waals surface area contributed by atoms with Gasteiger partial charge in [-0.2, -0.15) is 0 Å². The molecule has 0 atom stereocenters. The molecular weight excluding hydrogens is 448 g/mol. The average molecular weight is 474 g/mol. The quantitative estimate of drug-likeness (QED) is 0.515. The topological polar surface area (TPSA) is 101 Å². The molecule has 0 unspecified atom stereocenters. The van der Waals surface area contributed by atoms with E-state index in [9.17, 15) is 18.4 Å². The van der Waals surface area contributed by atoms with Gasteiger partial charge in [0.1, 0.15) is 16.5 Å². The lowest BCUT2D eigenvalue weighted by Crippen LogP contribution is -2.41. The number of halogens is 2. The zero-order valence-corrected chi connectivity index (χ0v) is 19.4. The van der Waals surface area contributed by atoms with E-state index < -0.39 is 23.0 Å². The first-order valence-corrected chi connectivity index (χ1v) is 11.0. The Bertz CT molecular complexity index is 1150. The van der Waals surface area contributed by atoms with E-state index in [4.69, 9.17) is 5.73 Å². The predicted octanol–water partition coefficient (Wildman–Crippen LogP) is 4.00. The highest BCUT2D eigenvalue weighted by Crippen LogP contribution is 2.22. The van der Waals surface area contributed by atoms with Crippen LogP contribution < -0.4 is 11.1 Å². The van der Waals surface area contributed by atoms with E-state index in [-0.39, 0.29) is 24.6 Å². The summed E-state index contributed by atoms with van der Waals surface area (Å²) in [7, 11) is 0. The number of rotatable bonds is 8. The van der Waals surface area contributed by atoms with Crippen LogP contribution in [0.5, 0.6) is 0 Å². The zero-order chi connectivity index (χ0) is 24.2. The summed E-state index contributed by atoms with van der Waals surface area (Å²) in [5.41, 5.74) is 7.15. The van der Waals surface area contributed by atoms with Crippen LogP contribution in [0.1, 0.15) is 45.1 Å². The number of aryl methyl sites for hydroxylation is 1. The Morgan fingerprint density at radius 2 is 1.85 bits per heavy atom. The van der Waals surface area contributed by atoms with E-state index in [1.807, 2.05) is 13.8 Å². The molecule has 0 fully saturated rings. The van der Waals surface area contributed by atoms with E-state index >= 15 is 0 Å². The minimum Gasteiger partial charge on any atom is -0.334 e. The predicted molar refractivity (Wildman–Crippen MR) is 123 cm³/mol. The van der Waals surface area contributed by atoms with Gasteiger partial charge in [-0.3, -0.25) is 9.59 Å². The summed E-state index contributed by atoms with van der Waals surface area (Å²) >= 11 is 1.01. The van der Waals surface area contributed by atoms with Crippen LogP contribution in [0.4, 0.5) is 14.5 Å². The van der Waals surface area contributed by atoms with Crippen LogP contribution in [0.2, 0.25) is 0 Å². The standard InChI is InChI=1S/C23H25F2N5O2S/c1-14-20(33-29-28-14)21(31)27-19-6-4-5-15(7-19)11-30(13-23(2,3)12-26)22(32)16-8-17(24)10-18(25)9-16/h4-10H,11-13,26H2,1-3H3,(H,27,31). The van der Waals surface area contributed by atoms with E-state index in [0.717, 1.165) is 35.3 Å². The van der Waals surface area contributed by atoms with Crippen LogP contribution >= 0.6 is 11.5 Å². The van der Waals surface area contributed by atoms with Crippen molar-refractivity contribution in [3.8, 4) is 0 Å². The molecule has 10 heteroatoms. The van der Waals surface area contributed by atoms with Crippen LogP contribution in [0.3, 0.4) is 0 Å². The molecule has 33 heavy (non-hydrogen) atoms. The minimum atomic E-state index is -0.825. The Kier molecular flexibility index (Phi) is 7.50. The second kappa shape index (κ2) is 10.1. The van der Waals surface area contributed by atoms with E-state index in [1.54, 1.807) is 31.2 Å². The molecule has 3 aromatic rings. The van der Waals surface area contributed by atoms with Crippen LogP contribution in [0.25, 0.3) is 0 Å².